The minimum atomic E-state index is -4.64. The molecule has 154 valence electrons. The van der Waals surface area contributed by atoms with E-state index in [9.17, 15) is 31.1 Å². The molecular formula is C21H12F6N2O. The Labute approximate surface area is 165 Å². The minimum Gasteiger partial charge on any atom is -0.366 e. The number of amides is 1. The predicted octanol–water partition coefficient (Wildman–Crippen LogP) is 5.38. The van der Waals surface area contributed by atoms with Gasteiger partial charge in [-0.05, 0) is 30.3 Å². The first-order valence-corrected chi connectivity index (χ1v) is 8.63. The summed E-state index contributed by atoms with van der Waals surface area (Å²) in [6, 6.07) is 8.36. The average Bonchev–Trinajstić information content (AvgIpc) is 2.98. The number of benzene rings is 3. The number of nitrogens with two attached hydrogens (primary N) is 1. The highest BCUT2D eigenvalue weighted by Crippen LogP contribution is 2.37. The van der Waals surface area contributed by atoms with Gasteiger partial charge in [0.05, 0.1) is 23.1 Å². The molecule has 2 N–H and O–H groups in total. The van der Waals surface area contributed by atoms with Crippen molar-refractivity contribution in [2.45, 2.75) is 12.7 Å². The van der Waals surface area contributed by atoms with E-state index >= 15 is 0 Å². The number of nitrogens with zero attached hydrogens (tertiary/aromatic N) is 1. The smallest absolute Gasteiger partial charge is 0.366 e. The third-order valence-electron chi connectivity index (χ3n) is 4.90. The number of carbonyl (C=O) groups is 1. The topological polar surface area (TPSA) is 48.0 Å². The van der Waals surface area contributed by atoms with Gasteiger partial charge in [-0.3, -0.25) is 4.79 Å². The molecule has 9 heteroatoms. The molecule has 0 aliphatic heterocycles. The fourth-order valence-electron chi connectivity index (χ4n) is 3.55. The molecule has 3 aromatic carbocycles. The molecule has 1 amide bonds. The van der Waals surface area contributed by atoms with Crippen LogP contribution >= 0.6 is 0 Å². The first-order chi connectivity index (χ1) is 14.1. The maximum Gasteiger partial charge on any atom is 0.416 e. The van der Waals surface area contributed by atoms with Crippen LogP contribution in [0.3, 0.4) is 0 Å². The van der Waals surface area contributed by atoms with Gasteiger partial charge in [0.2, 0.25) is 5.91 Å². The first kappa shape index (κ1) is 19.8. The van der Waals surface area contributed by atoms with Gasteiger partial charge in [-0.25, -0.2) is 13.2 Å². The van der Waals surface area contributed by atoms with Gasteiger partial charge in [-0.2, -0.15) is 13.2 Å². The molecule has 0 saturated heterocycles. The Morgan fingerprint density at radius 2 is 1.60 bits per heavy atom. The lowest BCUT2D eigenvalue weighted by atomic mass is 10.0. The van der Waals surface area contributed by atoms with Crippen molar-refractivity contribution in [2.24, 2.45) is 5.73 Å². The standard InChI is InChI=1S/C21H12F6N2O/c22-14-8-16(24)15(23)6-10(14)9-29-17-3-1-2-13(20(28)30)19(17)12-5-4-11(7-18(12)29)21(25,26)27/h1-8H,9H2,(H2,28,30). The summed E-state index contributed by atoms with van der Waals surface area (Å²) < 4.78 is 82.2. The predicted molar refractivity (Wildman–Crippen MR) is 98.4 cm³/mol. The number of hydrogen-bond donors (Lipinski definition) is 1. The average molecular weight is 422 g/mol. The second-order valence-corrected chi connectivity index (χ2v) is 6.74. The highest BCUT2D eigenvalue weighted by molar-refractivity contribution is 6.18. The Morgan fingerprint density at radius 3 is 2.27 bits per heavy atom. The number of halogens is 6. The van der Waals surface area contributed by atoms with E-state index in [1.165, 1.54) is 28.8 Å². The van der Waals surface area contributed by atoms with Crippen LogP contribution in [0.5, 0.6) is 0 Å². The molecule has 4 rings (SSSR count). The number of fused-ring (bicyclic) bond motifs is 3. The van der Waals surface area contributed by atoms with E-state index in [0.29, 0.717) is 17.6 Å². The zero-order valence-electron chi connectivity index (χ0n) is 15.0. The molecule has 0 aliphatic carbocycles. The minimum absolute atomic E-state index is 0.0395. The van der Waals surface area contributed by atoms with E-state index < -0.39 is 41.6 Å². The Kier molecular flexibility index (Phi) is 4.48. The number of alkyl halides is 3. The molecule has 0 bridgehead atoms. The van der Waals surface area contributed by atoms with Crippen molar-refractivity contribution in [3.8, 4) is 0 Å². The van der Waals surface area contributed by atoms with Crippen LogP contribution in [0.15, 0.2) is 48.5 Å². The van der Waals surface area contributed by atoms with Crippen LogP contribution < -0.4 is 5.73 Å². The van der Waals surface area contributed by atoms with Gasteiger partial charge in [-0.15, -0.1) is 0 Å². The molecule has 3 nitrogen and oxygen atoms in total. The summed E-state index contributed by atoms with van der Waals surface area (Å²) in [4.78, 5) is 11.9. The lowest BCUT2D eigenvalue weighted by Crippen LogP contribution is -2.11. The van der Waals surface area contributed by atoms with Crippen molar-refractivity contribution >= 4 is 27.7 Å². The molecule has 0 saturated carbocycles. The van der Waals surface area contributed by atoms with Crippen LogP contribution in [0, 0.1) is 17.5 Å². The molecule has 1 aromatic heterocycles. The second kappa shape index (κ2) is 6.79. The summed E-state index contributed by atoms with van der Waals surface area (Å²) in [7, 11) is 0. The summed E-state index contributed by atoms with van der Waals surface area (Å²) in [6.07, 6.45) is -4.64. The summed E-state index contributed by atoms with van der Waals surface area (Å²) in [5.41, 5.74) is 4.60. The van der Waals surface area contributed by atoms with Gasteiger partial charge in [-0.1, -0.05) is 12.1 Å². The highest BCUT2D eigenvalue weighted by Gasteiger charge is 2.31. The molecule has 0 spiro atoms. The van der Waals surface area contributed by atoms with Gasteiger partial charge in [0.25, 0.3) is 0 Å². The quantitative estimate of drug-likeness (QED) is 0.350. The summed E-state index contributed by atoms with van der Waals surface area (Å²) >= 11 is 0. The van der Waals surface area contributed by atoms with E-state index in [0.717, 1.165) is 12.1 Å². The number of hydrogen-bond acceptors (Lipinski definition) is 1. The zero-order chi connectivity index (χ0) is 21.8. The first-order valence-electron chi connectivity index (χ1n) is 8.63. The van der Waals surface area contributed by atoms with Crippen molar-refractivity contribution in [2.75, 3.05) is 0 Å². The summed E-state index contributed by atoms with van der Waals surface area (Å²) in [5.74, 6) is -4.52. The zero-order valence-corrected chi connectivity index (χ0v) is 15.0. The van der Waals surface area contributed by atoms with Crippen molar-refractivity contribution in [1.29, 1.82) is 0 Å². The molecule has 30 heavy (non-hydrogen) atoms. The highest BCUT2D eigenvalue weighted by atomic mass is 19.4. The van der Waals surface area contributed by atoms with Crippen molar-refractivity contribution in [3.05, 3.63) is 82.7 Å². The van der Waals surface area contributed by atoms with Crippen LogP contribution in [0.2, 0.25) is 0 Å². The van der Waals surface area contributed by atoms with E-state index in [2.05, 4.69) is 0 Å². The molecular weight excluding hydrogens is 410 g/mol. The Balaban J connectivity index is 2.06. The molecule has 0 fully saturated rings. The lowest BCUT2D eigenvalue weighted by Gasteiger charge is -2.11. The molecule has 0 radical (unpaired) electrons. The summed E-state index contributed by atoms with van der Waals surface area (Å²) in [5, 5.41) is 0.576. The Bertz CT molecular complexity index is 1320. The van der Waals surface area contributed by atoms with E-state index in [1.807, 2.05) is 0 Å². The van der Waals surface area contributed by atoms with Crippen LogP contribution in [-0.2, 0) is 12.7 Å². The largest absolute Gasteiger partial charge is 0.416 e. The number of rotatable bonds is 3. The fraction of sp³-hybridized carbons (Fsp3) is 0.0952. The molecule has 0 unspecified atom stereocenters. The van der Waals surface area contributed by atoms with Crippen molar-refractivity contribution < 1.29 is 31.1 Å². The van der Waals surface area contributed by atoms with Gasteiger partial charge in [0.1, 0.15) is 5.82 Å². The summed E-state index contributed by atoms with van der Waals surface area (Å²) in [6.45, 7) is -0.396. The van der Waals surface area contributed by atoms with Crippen molar-refractivity contribution in [1.82, 2.24) is 4.57 Å². The van der Waals surface area contributed by atoms with Crippen LogP contribution in [0.25, 0.3) is 21.8 Å². The third-order valence-corrected chi connectivity index (χ3v) is 4.90. The van der Waals surface area contributed by atoms with Crippen LogP contribution in [0.4, 0.5) is 26.3 Å². The molecule has 0 aliphatic rings. The monoisotopic (exact) mass is 422 g/mol. The van der Waals surface area contributed by atoms with Gasteiger partial charge < -0.3 is 10.3 Å². The normalized spacial score (nSPS) is 12.1. The van der Waals surface area contributed by atoms with Crippen molar-refractivity contribution in [3.63, 3.8) is 0 Å². The molecule has 4 aromatic rings. The van der Waals surface area contributed by atoms with Gasteiger partial charge in [0.15, 0.2) is 11.6 Å². The van der Waals surface area contributed by atoms with Gasteiger partial charge in [0, 0.05) is 28.0 Å². The van der Waals surface area contributed by atoms with Crippen LogP contribution in [0.1, 0.15) is 21.5 Å². The van der Waals surface area contributed by atoms with Gasteiger partial charge >= 0.3 is 6.18 Å². The molecule has 0 atom stereocenters. The SMILES string of the molecule is NC(=O)c1cccc2c1c1ccc(C(F)(F)F)cc1n2Cc1cc(F)c(F)cc1F. The number of primary amides is 1. The lowest BCUT2D eigenvalue weighted by molar-refractivity contribution is -0.137. The number of aromatic nitrogens is 1. The molecule has 1 heterocycles. The fourth-order valence-corrected chi connectivity index (χ4v) is 3.55. The van der Waals surface area contributed by atoms with E-state index in [-0.39, 0.29) is 27.4 Å². The van der Waals surface area contributed by atoms with Crippen LogP contribution in [-0.4, -0.2) is 10.5 Å². The second-order valence-electron chi connectivity index (χ2n) is 6.74. The third kappa shape index (κ3) is 3.16. The Morgan fingerprint density at radius 1 is 0.900 bits per heavy atom. The number of carbonyl (C=O) groups excluding carboxylic acids is 1. The van der Waals surface area contributed by atoms with E-state index in [4.69, 9.17) is 5.73 Å². The maximum absolute atomic E-state index is 14.2. The maximum atomic E-state index is 14.2. The van der Waals surface area contributed by atoms with E-state index in [1.54, 1.807) is 0 Å². The Hall–Kier alpha value is -3.49.